The summed E-state index contributed by atoms with van der Waals surface area (Å²) in [6, 6.07) is 0. The van der Waals surface area contributed by atoms with Crippen LogP contribution in [0.1, 0.15) is 25.7 Å². The molecule has 0 bridgehead atoms. The fourth-order valence-electron chi connectivity index (χ4n) is 1.08. The number of sulfonamides is 1. The van der Waals surface area contributed by atoms with Crippen LogP contribution in [0.3, 0.4) is 0 Å². The second-order valence-corrected chi connectivity index (χ2v) is 7.00. The van der Waals surface area contributed by atoms with E-state index in [9.17, 15) is 30.4 Å². The Bertz CT molecular complexity index is 535. The van der Waals surface area contributed by atoms with Crippen molar-refractivity contribution >= 4 is 38.3 Å². The molecular weight excluding hydrogens is 343 g/mol. The highest BCUT2D eigenvalue weighted by Gasteiger charge is 2.26. The number of unbranched alkanes of at least 4 members (excludes halogenated alkanes) is 3. The number of halogens is 2. The molecule has 1 amide bonds. The molecule has 0 saturated heterocycles. The Labute approximate surface area is 120 Å². The van der Waals surface area contributed by atoms with Gasteiger partial charge in [0.2, 0.25) is 0 Å². The van der Waals surface area contributed by atoms with E-state index >= 15 is 0 Å². The number of nitroso groups, excluding NO2 is 1. The van der Waals surface area contributed by atoms with Crippen LogP contribution < -0.4 is 0 Å². The molecule has 0 spiro atoms. The first kappa shape index (κ1) is 19.0. The van der Waals surface area contributed by atoms with E-state index in [1.165, 1.54) is 0 Å². The van der Waals surface area contributed by atoms with Crippen LogP contribution in [0.25, 0.3) is 0 Å². The van der Waals surface area contributed by atoms with Crippen LogP contribution in [-0.2, 0) is 25.2 Å². The zero-order chi connectivity index (χ0) is 15.8. The SMILES string of the molecule is O=NS(=O)(=O)CCCCCCOC(=O)N(Cl)S(=O)(=O)F. The Morgan fingerprint density at radius 3 is 2.20 bits per heavy atom. The van der Waals surface area contributed by atoms with Crippen LogP contribution in [0.5, 0.6) is 0 Å². The van der Waals surface area contributed by atoms with Crippen LogP contribution in [0.15, 0.2) is 4.58 Å². The lowest BCUT2D eigenvalue weighted by molar-refractivity contribution is 0.136. The summed E-state index contributed by atoms with van der Waals surface area (Å²) in [6.45, 7) is -0.212. The molecule has 0 atom stereocenters. The molecule has 0 rings (SSSR count). The van der Waals surface area contributed by atoms with Crippen LogP contribution in [0.2, 0.25) is 0 Å². The number of amides is 1. The molecule has 0 fully saturated rings. The zero-order valence-corrected chi connectivity index (χ0v) is 12.5. The Kier molecular flexibility index (Phi) is 7.90. The molecule has 0 aromatic heterocycles. The number of hydrogen-bond acceptors (Lipinski definition) is 7. The van der Waals surface area contributed by atoms with Gasteiger partial charge in [-0.3, -0.25) is 0 Å². The van der Waals surface area contributed by atoms with Crippen LogP contribution in [0.4, 0.5) is 8.68 Å². The van der Waals surface area contributed by atoms with E-state index in [1.807, 2.05) is 4.58 Å². The van der Waals surface area contributed by atoms with E-state index in [0.29, 0.717) is 12.8 Å². The van der Waals surface area contributed by atoms with E-state index in [4.69, 9.17) is 11.8 Å². The summed E-state index contributed by atoms with van der Waals surface area (Å²) in [7, 11) is -9.26. The highest BCUT2D eigenvalue weighted by molar-refractivity contribution is 7.89. The molecule has 0 aliphatic carbocycles. The standard InChI is InChI=1S/C7H12ClFN2O7S2/c8-11(20(9,16)17)7(12)18-5-3-1-2-4-6-19(14,15)10-13/h1-6H2. The van der Waals surface area contributed by atoms with Crippen molar-refractivity contribution in [2.75, 3.05) is 12.4 Å². The van der Waals surface area contributed by atoms with Crippen molar-refractivity contribution in [3.8, 4) is 0 Å². The highest BCUT2D eigenvalue weighted by atomic mass is 35.5. The van der Waals surface area contributed by atoms with Crippen molar-refractivity contribution in [2.24, 2.45) is 4.58 Å². The molecular formula is C7H12ClFN2O7S2. The lowest BCUT2D eigenvalue weighted by Crippen LogP contribution is -2.26. The smallest absolute Gasteiger partial charge is 0.441 e. The summed E-state index contributed by atoms with van der Waals surface area (Å²) >= 11 is 4.83. The first-order valence-electron chi connectivity index (χ1n) is 5.25. The molecule has 0 saturated carbocycles. The highest BCUT2D eigenvalue weighted by Crippen LogP contribution is 2.10. The van der Waals surface area contributed by atoms with Crippen molar-refractivity contribution in [3.63, 3.8) is 0 Å². The zero-order valence-electron chi connectivity index (χ0n) is 10.1. The Morgan fingerprint density at radius 2 is 1.70 bits per heavy atom. The Morgan fingerprint density at radius 1 is 1.15 bits per heavy atom. The van der Waals surface area contributed by atoms with Crippen molar-refractivity contribution in [1.82, 2.24) is 3.82 Å². The summed E-state index contributed by atoms with van der Waals surface area (Å²) in [5.74, 6) is -0.369. The molecule has 0 aromatic carbocycles. The minimum Gasteiger partial charge on any atom is -0.448 e. The van der Waals surface area contributed by atoms with E-state index in [1.54, 1.807) is 0 Å². The third kappa shape index (κ3) is 8.22. The summed E-state index contributed by atoms with van der Waals surface area (Å²) in [4.78, 5) is 20.7. The second kappa shape index (κ2) is 8.32. The predicted octanol–water partition coefficient (Wildman–Crippen LogP) is 1.45. The molecule has 0 heterocycles. The number of hydrogen-bond donors (Lipinski definition) is 0. The molecule has 20 heavy (non-hydrogen) atoms. The summed E-state index contributed by atoms with van der Waals surface area (Å²) in [5.41, 5.74) is 0. The molecule has 13 heteroatoms. The van der Waals surface area contributed by atoms with E-state index in [0.717, 1.165) is 0 Å². The van der Waals surface area contributed by atoms with Crippen molar-refractivity contribution in [3.05, 3.63) is 4.91 Å². The quantitative estimate of drug-likeness (QED) is 0.265. The third-order valence-electron chi connectivity index (χ3n) is 1.97. The number of rotatable bonds is 9. The minimum atomic E-state index is -5.36. The second-order valence-electron chi connectivity index (χ2n) is 3.55. The van der Waals surface area contributed by atoms with Gasteiger partial charge in [-0.05, 0) is 12.8 Å². The molecule has 0 unspecified atom stereocenters. The van der Waals surface area contributed by atoms with Crippen LogP contribution in [0, 0.1) is 4.91 Å². The maximum absolute atomic E-state index is 12.2. The molecule has 118 valence electrons. The fourth-order valence-corrected chi connectivity index (χ4v) is 2.00. The first-order valence-corrected chi connectivity index (χ1v) is 8.53. The fraction of sp³-hybridized carbons (Fsp3) is 0.857. The van der Waals surface area contributed by atoms with Gasteiger partial charge in [0.15, 0.2) is 0 Å². The number of ether oxygens (including phenoxy) is 1. The van der Waals surface area contributed by atoms with Gasteiger partial charge in [-0.25, -0.2) is 13.2 Å². The van der Waals surface area contributed by atoms with Crippen molar-refractivity contribution < 1.29 is 30.3 Å². The monoisotopic (exact) mass is 354 g/mol. The van der Waals surface area contributed by atoms with Gasteiger partial charge >= 0.3 is 16.5 Å². The average molecular weight is 355 g/mol. The minimum absolute atomic E-state index is 0.211. The van der Waals surface area contributed by atoms with Gasteiger partial charge in [0.05, 0.1) is 16.9 Å². The normalized spacial score (nSPS) is 11.9. The average Bonchev–Trinajstić information content (AvgIpc) is 2.35. The predicted molar refractivity (Wildman–Crippen MR) is 67.1 cm³/mol. The summed E-state index contributed by atoms with van der Waals surface area (Å²) in [6.07, 6.45) is -0.188. The van der Waals surface area contributed by atoms with Gasteiger partial charge in [0.1, 0.15) is 0 Å². The maximum atomic E-state index is 12.2. The van der Waals surface area contributed by atoms with Crippen LogP contribution >= 0.6 is 11.8 Å². The van der Waals surface area contributed by atoms with Gasteiger partial charge in [-0.2, -0.15) is 8.42 Å². The molecule has 0 radical (unpaired) electrons. The van der Waals surface area contributed by atoms with Gasteiger partial charge in [-0.15, -0.1) is 4.91 Å². The maximum Gasteiger partial charge on any atom is 0.441 e. The molecule has 0 aromatic rings. The van der Waals surface area contributed by atoms with E-state index < -0.39 is 30.4 Å². The Balaban J connectivity index is 3.74. The Hall–Kier alpha value is -1.01. The topological polar surface area (TPSA) is 127 Å². The molecule has 0 N–H and O–H groups in total. The lowest BCUT2D eigenvalue weighted by atomic mass is 10.2. The lowest BCUT2D eigenvalue weighted by Gasteiger charge is -2.08. The van der Waals surface area contributed by atoms with Crippen LogP contribution in [-0.4, -0.2) is 39.1 Å². The van der Waals surface area contributed by atoms with E-state index in [2.05, 4.69) is 4.74 Å². The summed E-state index contributed by atoms with van der Waals surface area (Å²) in [5, 5.41) is 0. The first-order chi connectivity index (χ1) is 9.10. The number of carbonyl (C=O) groups excluding carboxylic acids is 1. The molecule has 0 aliphatic heterocycles. The van der Waals surface area contributed by atoms with Gasteiger partial charge in [0, 0.05) is 11.8 Å². The van der Waals surface area contributed by atoms with Gasteiger partial charge < -0.3 is 4.74 Å². The largest absolute Gasteiger partial charge is 0.448 e. The number of nitrogens with zero attached hydrogens (tertiary/aromatic N) is 2. The number of carbonyl (C=O) groups is 1. The van der Waals surface area contributed by atoms with Gasteiger partial charge in [0.25, 0.3) is 10.0 Å². The van der Waals surface area contributed by atoms with Crippen molar-refractivity contribution in [2.45, 2.75) is 25.7 Å². The van der Waals surface area contributed by atoms with Crippen molar-refractivity contribution in [1.29, 1.82) is 0 Å². The molecule has 9 nitrogen and oxygen atoms in total. The van der Waals surface area contributed by atoms with E-state index in [-0.39, 0.29) is 25.2 Å². The third-order valence-corrected chi connectivity index (χ3v) is 4.17. The summed E-state index contributed by atoms with van der Waals surface area (Å²) < 4.78 is 59.6. The van der Waals surface area contributed by atoms with Gasteiger partial charge in [-0.1, -0.05) is 20.6 Å². The molecule has 0 aliphatic rings.